The van der Waals surface area contributed by atoms with E-state index in [4.69, 9.17) is 4.74 Å². The Morgan fingerprint density at radius 1 is 1.35 bits per heavy atom. The van der Waals surface area contributed by atoms with Crippen LogP contribution in [-0.4, -0.2) is 42.4 Å². The smallest absolute Gasteiger partial charge is 0.338 e. The summed E-state index contributed by atoms with van der Waals surface area (Å²) in [6.07, 6.45) is 2.11. The number of amides is 2. The number of nitrogens with zero attached hydrogens (tertiary/aromatic N) is 1. The van der Waals surface area contributed by atoms with Crippen LogP contribution in [0, 0.1) is 5.92 Å². The zero-order chi connectivity index (χ0) is 16.8. The molecule has 1 heterocycles. The second-order valence-corrected chi connectivity index (χ2v) is 5.93. The third-order valence-corrected chi connectivity index (χ3v) is 3.76. The lowest BCUT2D eigenvalue weighted by atomic mass is 10.0. The lowest BCUT2D eigenvalue weighted by molar-refractivity contribution is -0.136. The molecule has 0 aromatic heterocycles. The third kappa shape index (κ3) is 5.09. The summed E-state index contributed by atoms with van der Waals surface area (Å²) in [6, 6.07) is 6.44. The van der Waals surface area contributed by atoms with Crippen molar-refractivity contribution in [3.63, 3.8) is 0 Å². The molecule has 0 bridgehead atoms. The predicted molar refractivity (Wildman–Crippen MR) is 86.0 cm³/mol. The number of benzene rings is 1. The number of likely N-dealkylation sites (tertiary alicyclic amines) is 1. The number of piperidine rings is 1. The van der Waals surface area contributed by atoms with Gasteiger partial charge < -0.3 is 15.0 Å². The first kappa shape index (κ1) is 17.0. The van der Waals surface area contributed by atoms with Crippen LogP contribution in [0.5, 0.6) is 0 Å². The van der Waals surface area contributed by atoms with Crippen molar-refractivity contribution in [2.24, 2.45) is 5.92 Å². The quantitative estimate of drug-likeness (QED) is 0.862. The van der Waals surface area contributed by atoms with E-state index in [1.54, 1.807) is 23.1 Å². The van der Waals surface area contributed by atoms with E-state index < -0.39 is 5.97 Å². The van der Waals surface area contributed by atoms with Crippen LogP contribution in [0.2, 0.25) is 0 Å². The molecular weight excluding hydrogens is 296 g/mol. The summed E-state index contributed by atoms with van der Waals surface area (Å²) >= 11 is 0. The van der Waals surface area contributed by atoms with Crippen LogP contribution in [0.3, 0.4) is 0 Å². The van der Waals surface area contributed by atoms with E-state index in [1.807, 2.05) is 0 Å². The van der Waals surface area contributed by atoms with Crippen LogP contribution in [-0.2, 0) is 14.3 Å². The Bertz CT molecular complexity index is 600. The molecule has 6 nitrogen and oxygen atoms in total. The Morgan fingerprint density at radius 2 is 2.13 bits per heavy atom. The molecule has 124 valence electrons. The Labute approximate surface area is 135 Å². The molecule has 1 fully saturated rings. The molecular formula is C17H22N2O4. The van der Waals surface area contributed by atoms with Crippen molar-refractivity contribution in [3.05, 3.63) is 29.8 Å². The van der Waals surface area contributed by atoms with E-state index in [2.05, 4.69) is 12.2 Å². The van der Waals surface area contributed by atoms with Crippen LogP contribution in [0.4, 0.5) is 5.69 Å². The number of nitrogens with one attached hydrogen (secondary N) is 1. The maximum absolute atomic E-state index is 12.1. The average Bonchev–Trinajstić information content (AvgIpc) is 2.52. The normalized spacial score (nSPS) is 17.5. The Hall–Kier alpha value is -2.37. The fourth-order valence-electron chi connectivity index (χ4n) is 2.65. The van der Waals surface area contributed by atoms with Crippen LogP contribution < -0.4 is 5.32 Å². The van der Waals surface area contributed by atoms with Gasteiger partial charge in [0.15, 0.2) is 6.61 Å². The van der Waals surface area contributed by atoms with Crippen molar-refractivity contribution in [1.29, 1.82) is 0 Å². The molecule has 1 aromatic rings. The summed E-state index contributed by atoms with van der Waals surface area (Å²) in [6.45, 7) is 4.69. The maximum atomic E-state index is 12.1. The molecule has 1 unspecified atom stereocenters. The van der Waals surface area contributed by atoms with Crippen LogP contribution >= 0.6 is 0 Å². The van der Waals surface area contributed by atoms with Gasteiger partial charge in [-0.1, -0.05) is 13.0 Å². The van der Waals surface area contributed by atoms with E-state index in [0.717, 1.165) is 19.4 Å². The summed E-state index contributed by atoms with van der Waals surface area (Å²) in [7, 11) is 0. The minimum atomic E-state index is -0.574. The van der Waals surface area contributed by atoms with E-state index in [0.29, 0.717) is 23.7 Å². The van der Waals surface area contributed by atoms with Gasteiger partial charge in [0.05, 0.1) is 5.56 Å². The number of carbonyl (C=O) groups is 3. The second-order valence-electron chi connectivity index (χ2n) is 5.93. The minimum absolute atomic E-state index is 0.164. The Balaban J connectivity index is 1.89. The molecule has 1 aromatic carbocycles. The fraction of sp³-hybridized carbons (Fsp3) is 0.471. The number of ether oxygens (including phenoxy) is 1. The van der Waals surface area contributed by atoms with Crippen LogP contribution in [0.15, 0.2) is 24.3 Å². The van der Waals surface area contributed by atoms with Crippen molar-refractivity contribution in [3.8, 4) is 0 Å². The number of hydrogen-bond donors (Lipinski definition) is 1. The van der Waals surface area contributed by atoms with Gasteiger partial charge in [-0.25, -0.2) is 4.79 Å². The fourth-order valence-corrected chi connectivity index (χ4v) is 2.65. The molecule has 0 saturated carbocycles. The molecule has 0 aliphatic carbocycles. The highest BCUT2D eigenvalue weighted by Gasteiger charge is 2.22. The summed E-state index contributed by atoms with van der Waals surface area (Å²) in [5.74, 6) is -0.471. The monoisotopic (exact) mass is 318 g/mol. The summed E-state index contributed by atoms with van der Waals surface area (Å²) in [4.78, 5) is 36.9. The van der Waals surface area contributed by atoms with Gasteiger partial charge in [-0.05, 0) is 37.0 Å². The summed E-state index contributed by atoms with van der Waals surface area (Å²) in [5, 5.41) is 2.60. The molecule has 0 spiro atoms. The standard InChI is InChI=1S/C17H22N2O4/c1-12-5-4-8-19(10-12)16(21)11-23-17(22)14-6-3-7-15(9-14)18-13(2)20/h3,6-7,9,12H,4-5,8,10-11H2,1-2H3,(H,18,20). The van der Waals surface area contributed by atoms with Gasteiger partial charge in [0, 0.05) is 25.7 Å². The van der Waals surface area contributed by atoms with Gasteiger partial charge in [0.25, 0.3) is 5.91 Å². The number of anilines is 1. The zero-order valence-corrected chi connectivity index (χ0v) is 13.5. The third-order valence-electron chi connectivity index (χ3n) is 3.76. The van der Waals surface area contributed by atoms with Gasteiger partial charge in [-0.2, -0.15) is 0 Å². The molecule has 2 amide bonds. The number of rotatable bonds is 4. The highest BCUT2D eigenvalue weighted by Crippen LogP contribution is 2.16. The van der Waals surface area contributed by atoms with Gasteiger partial charge in [0.2, 0.25) is 5.91 Å². The van der Waals surface area contributed by atoms with Gasteiger partial charge >= 0.3 is 5.97 Å². The van der Waals surface area contributed by atoms with Gasteiger partial charge in [0.1, 0.15) is 0 Å². The van der Waals surface area contributed by atoms with Crippen molar-refractivity contribution in [2.45, 2.75) is 26.7 Å². The van der Waals surface area contributed by atoms with Gasteiger partial charge in [-0.15, -0.1) is 0 Å². The molecule has 1 saturated heterocycles. The molecule has 6 heteroatoms. The predicted octanol–water partition coefficient (Wildman–Crippen LogP) is 2.06. The van der Waals surface area contributed by atoms with E-state index in [9.17, 15) is 14.4 Å². The highest BCUT2D eigenvalue weighted by molar-refractivity contribution is 5.94. The van der Waals surface area contributed by atoms with Crippen molar-refractivity contribution in [1.82, 2.24) is 4.90 Å². The number of esters is 1. The van der Waals surface area contributed by atoms with Crippen LogP contribution in [0.1, 0.15) is 37.0 Å². The highest BCUT2D eigenvalue weighted by atomic mass is 16.5. The SMILES string of the molecule is CC(=O)Nc1cccc(C(=O)OCC(=O)N2CCCC(C)C2)c1. The Kier molecular flexibility index (Phi) is 5.73. The lowest BCUT2D eigenvalue weighted by Gasteiger charge is -2.30. The average molecular weight is 318 g/mol. The van der Waals surface area contributed by atoms with Crippen molar-refractivity contribution >= 4 is 23.5 Å². The number of hydrogen-bond acceptors (Lipinski definition) is 4. The molecule has 1 atom stereocenters. The van der Waals surface area contributed by atoms with Gasteiger partial charge in [-0.3, -0.25) is 9.59 Å². The van der Waals surface area contributed by atoms with Crippen LogP contribution in [0.25, 0.3) is 0 Å². The molecule has 1 aliphatic heterocycles. The maximum Gasteiger partial charge on any atom is 0.338 e. The molecule has 1 aliphatic rings. The summed E-state index contributed by atoms with van der Waals surface area (Å²) < 4.78 is 5.10. The van der Waals surface area contributed by atoms with Crippen molar-refractivity contribution in [2.75, 3.05) is 25.0 Å². The van der Waals surface area contributed by atoms with Crippen molar-refractivity contribution < 1.29 is 19.1 Å². The molecule has 2 rings (SSSR count). The largest absolute Gasteiger partial charge is 0.452 e. The topological polar surface area (TPSA) is 75.7 Å². The zero-order valence-electron chi connectivity index (χ0n) is 13.5. The first-order valence-electron chi connectivity index (χ1n) is 7.78. The molecule has 0 radical (unpaired) electrons. The molecule has 1 N–H and O–H groups in total. The summed E-state index contributed by atoms with van der Waals surface area (Å²) in [5.41, 5.74) is 0.819. The van der Waals surface area contributed by atoms with E-state index >= 15 is 0 Å². The number of carbonyl (C=O) groups excluding carboxylic acids is 3. The lowest BCUT2D eigenvalue weighted by Crippen LogP contribution is -2.41. The van der Waals surface area contributed by atoms with E-state index in [1.165, 1.54) is 13.0 Å². The first-order chi connectivity index (χ1) is 11.0. The minimum Gasteiger partial charge on any atom is -0.452 e. The Morgan fingerprint density at radius 3 is 2.83 bits per heavy atom. The first-order valence-corrected chi connectivity index (χ1v) is 7.78. The van der Waals surface area contributed by atoms with E-state index in [-0.39, 0.29) is 18.4 Å². The second kappa shape index (κ2) is 7.76. The molecule has 23 heavy (non-hydrogen) atoms.